The van der Waals surface area contributed by atoms with Crippen LogP contribution in [0, 0.1) is 5.82 Å². The number of benzene rings is 2. The highest BCUT2D eigenvalue weighted by molar-refractivity contribution is 5.83. The topological polar surface area (TPSA) is 61.4 Å². The predicted octanol–water partition coefficient (Wildman–Crippen LogP) is 3.58. The standard InChI is InChI=1S/C22H25FN4O/c1-24-22(27-14-16-9-11-28-21-5-3-2-4-19(16)21)25-10-8-15-13-26-20-12-17(23)6-7-18(15)20/h2-7,12-13,16,26H,8-11,14H2,1H3,(H2,24,25,27). The first kappa shape index (κ1) is 18.3. The summed E-state index contributed by atoms with van der Waals surface area (Å²) in [6.07, 6.45) is 3.76. The monoisotopic (exact) mass is 380 g/mol. The van der Waals surface area contributed by atoms with Crippen molar-refractivity contribution in [2.45, 2.75) is 18.8 Å². The van der Waals surface area contributed by atoms with E-state index >= 15 is 0 Å². The molecule has 5 nitrogen and oxygen atoms in total. The minimum atomic E-state index is -0.224. The van der Waals surface area contributed by atoms with Crippen molar-refractivity contribution in [3.05, 3.63) is 65.6 Å². The molecule has 0 saturated heterocycles. The SMILES string of the molecule is CN=C(NCCc1c[nH]c2cc(F)ccc12)NCC1CCOc2ccccc21. The van der Waals surface area contributed by atoms with E-state index in [9.17, 15) is 4.39 Å². The number of aliphatic imine (C=N–C) groups is 1. The first-order valence-corrected chi connectivity index (χ1v) is 9.66. The zero-order chi connectivity index (χ0) is 19.3. The number of hydrogen-bond acceptors (Lipinski definition) is 2. The van der Waals surface area contributed by atoms with Gasteiger partial charge in [0.05, 0.1) is 6.61 Å². The minimum absolute atomic E-state index is 0.224. The number of guanidine groups is 1. The molecule has 2 aromatic carbocycles. The summed E-state index contributed by atoms with van der Waals surface area (Å²) in [6.45, 7) is 2.30. The van der Waals surface area contributed by atoms with Gasteiger partial charge in [-0.1, -0.05) is 18.2 Å². The van der Waals surface area contributed by atoms with Crippen molar-refractivity contribution in [1.82, 2.24) is 15.6 Å². The summed E-state index contributed by atoms with van der Waals surface area (Å²) in [6, 6.07) is 13.1. The average Bonchev–Trinajstić information content (AvgIpc) is 3.12. The molecule has 1 aliphatic rings. The van der Waals surface area contributed by atoms with E-state index in [4.69, 9.17) is 4.74 Å². The van der Waals surface area contributed by atoms with E-state index in [1.54, 1.807) is 7.05 Å². The second-order valence-corrected chi connectivity index (χ2v) is 7.01. The molecular formula is C22H25FN4O. The number of hydrogen-bond donors (Lipinski definition) is 3. The Hall–Kier alpha value is -3.02. The van der Waals surface area contributed by atoms with Gasteiger partial charge >= 0.3 is 0 Å². The summed E-state index contributed by atoms with van der Waals surface area (Å²) in [5.74, 6) is 1.96. The van der Waals surface area contributed by atoms with Crippen LogP contribution in [-0.4, -0.2) is 37.7 Å². The molecule has 1 aromatic heterocycles. The Kier molecular flexibility index (Phi) is 5.46. The molecule has 1 unspecified atom stereocenters. The molecule has 0 fully saturated rings. The Morgan fingerprint density at radius 1 is 1.25 bits per heavy atom. The van der Waals surface area contributed by atoms with Crippen LogP contribution in [0.2, 0.25) is 0 Å². The van der Waals surface area contributed by atoms with Gasteiger partial charge < -0.3 is 20.4 Å². The largest absolute Gasteiger partial charge is 0.493 e. The van der Waals surface area contributed by atoms with Gasteiger partial charge in [-0.15, -0.1) is 0 Å². The van der Waals surface area contributed by atoms with Gasteiger partial charge in [0.2, 0.25) is 0 Å². The Balaban J connectivity index is 1.31. The molecule has 0 spiro atoms. The first-order chi connectivity index (χ1) is 13.7. The Labute approximate surface area is 164 Å². The number of aromatic nitrogens is 1. The lowest BCUT2D eigenvalue weighted by Crippen LogP contribution is -2.40. The summed E-state index contributed by atoms with van der Waals surface area (Å²) < 4.78 is 19.1. The van der Waals surface area contributed by atoms with Crippen molar-refractivity contribution < 1.29 is 9.13 Å². The lowest BCUT2D eigenvalue weighted by atomic mass is 9.93. The quantitative estimate of drug-likeness (QED) is 0.468. The Morgan fingerprint density at radius 3 is 3.04 bits per heavy atom. The molecule has 4 rings (SSSR count). The number of H-pyrrole nitrogens is 1. The highest BCUT2D eigenvalue weighted by atomic mass is 19.1. The molecule has 0 saturated carbocycles. The number of para-hydroxylation sites is 1. The molecule has 1 atom stereocenters. The van der Waals surface area contributed by atoms with Crippen molar-refractivity contribution in [3.8, 4) is 5.75 Å². The van der Waals surface area contributed by atoms with Crippen LogP contribution in [0.4, 0.5) is 4.39 Å². The van der Waals surface area contributed by atoms with E-state index in [0.29, 0.717) is 5.92 Å². The summed E-state index contributed by atoms with van der Waals surface area (Å²) in [5.41, 5.74) is 3.25. The predicted molar refractivity (Wildman–Crippen MR) is 111 cm³/mol. The molecule has 0 amide bonds. The highest BCUT2D eigenvalue weighted by Gasteiger charge is 2.21. The molecular weight excluding hydrogens is 355 g/mol. The number of halogens is 1. The second-order valence-electron chi connectivity index (χ2n) is 7.01. The molecule has 146 valence electrons. The highest BCUT2D eigenvalue weighted by Crippen LogP contribution is 2.32. The zero-order valence-electron chi connectivity index (χ0n) is 16.0. The molecule has 0 radical (unpaired) electrons. The van der Waals surface area contributed by atoms with E-state index in [1.165, 1.54) is 17.7 Å². The Morgan fingerprint density at radius 2 is 2.14 bits per heavy atom. The van der Waals surface area contributed by atoms with Crippen LogP contribution in [0.3, 0.4) is 0 Å². The fourth-order valence-corrected chi connectivity index (χ4v) is 3.75. The third-order valence-corrected chi connectivity index (χ3v) is 5.24. The van der Waals surface area contributed by atoms with Crippen LogP contribution in [-0.2, 0) is 6.42 Å². The van der Waals surface area contributed by atoms with Crippen molar-refractivity contribution in [3.63, 3.8) is 0 Å². The van der Waals surface area contributed by atoms with Gasteiger partial charge in [0, 0.05) is 43.2 Å². The molecule has 2 heterocycles. The molecule has 6 heteroatoms. The average molecular weight is 380 g/mol. The van der Waals surface area contributed by atoms with E-state index in [2.05, 4.69) is 32.7 Å². The van der Waals surface area contributed by atoms with Crippen LogP contribution in [0.25, 0.3) is 10.9 Å². The maximum Gasteiger partial charge on any atom is 0.191 e. The van der Waals surface area contributed by atoms with Gasteiger partial charge in [-0.05, 0) is 48.2 Å². The number of rotatable bonds is 5. The van der Waals surface area contributed by atoms with E-state index in [0.717, 1.165) is 60.7 Å². The number of aromatic amines is 1. The zero-order valence-corrected chi connectivity index (χ0v) is 16.0. The Bertz CT molecular complexity index is 982. The summed E-state index contributed by atoms with van der Waals surface area (Å²) in [5, 5.41) is 7.86. The minimum Gasteiger partial charge on any atom is -0.493 e. The fourth-order valence-electron chi connectivity index (χ4n) is 3.75. The van der Waals surface area contributed by atoms with Gasteiger partial charge in [0.25, 0.3) is 0 Å². The van der Waals surface area contributed by atoms with Crippen LogP contribution >= 0.6 is 0 Å². The third kappa shape index (κ3) is 3.96. The molecule has 0 bridgehead atoms. The second kappa shape index (κ2) is 8.33. The molecule has 1 aliphatic heterocycles. The smallest absolute Gasteiger partial charge is 0.191 e. The van der Waals surface area contributed by atoms with E-state index in [1.807, 2.05) is 24.4 Å². The lowest BCUT2D eigenvalue weighted by Gasteiger charge is -2.26. The summed E-state index contributed by atoms with van der Waals surface area (Å²) in [4.78, 5) is 7.46. The van der Waals surface area contributed by atoms with Crippen LogP contribution in [0.5, 0.6) is 5.75 Å². The number of fused-ring (bicyclic) bond motifs is 2. The van der Waals surface area contributed by atoms with Crippen molar-refractivity contribution in [1.29, 1.82) is 0 Å². The maximum absolute atomic E-state index is 13.3. The van der Waals surface area contributed by atoms with Crippen molar-refractivity contribution in [2.24, 2.45) is 4.99 Å². The number of nitrogens with zero attached hydrogens (tertiary/aromatic N) is 1. The van der Waals surface area contributed by atoms with Gasteiger partial charge in [-0.3, -0.25) is 4.99 Å². The molecule has 0 aliphatic carbocycles. The van der Waals surface area contributed by atoms with Crippen LogP contribution in [0.15, 0.2) is 53.7 Å². The summed E-state index contributed by atoms with van der Waals surface area (Å²) in [7, 11) is 1.78. The van der Waals surface area contributed by atoms with Crippen molar-refractivity contribution in [2.75, 3.05) is 26.7 Å². The first-order valence-electron chi connectivity index (χ1n) is 9.66. The maximum atomic E-state index is 13.3. The van der Waals surface area contributed by atoms with Gasteiger partial charge in [-0.2, -0.15) is 0 Å². The normalized spacial score (nSPS) is 16.5. The van der Waals surface area contributed by atoms with Crippen molar-refractivity contribution >= 4 is 16.9 Å². The number of ether oxygens (including phenoxy) is 1. The fraction of sp³-hybridized carbons (Fsp3) is 0.318. The lowest BCUT2D eigenvalue weighted by molar-refractivity contribution is 0.267. The number of nitrogens with one attached hydrogen (secondary N) is 3. The van der Waals surface area contributed by atoms with Crippen LogP contribution < -0.4 is 15.4 Å². The van der Waals surface area contributed by atoms with E-state index in [-0.39, 0.29) is 5.82 Å². The third-order valence-electron chi connectivity index (χ3n) is 5.24. The van der Waals surface area contributed by atoms with Gasteiger partial charge in [0.1, 0.15) is 11.6 Å². The molecule has 3 N–H and O–H groups in total. The molecule has 3 aromatic rings. The molecule has 28 heavy (non-hydrogen) atoms. The summed E-state index contributed by atoms with van der Waals surface area (Å²) >= 11 is 0. The van der Waals surface area contributed by atoms with E-state index < -0.39 is 0 Å². The van der Waals surface area contributed by atoms with Gasteiger partial charge in [-0.25, -0.2) is 4.39 Å². The van der Waals surface area contributed by atoms with Gasteiger partial charge in [0.15, 0.2) is 5.96 Å². The van der Waals surface area contributed by atoms with Crippen LogP contribution in [0.1, 0.15) is 23.5 Å².